The molecular weight excluding hydrogens is 240 g/mol. The predicted octanol–water partition coefficient (Wildman–Crippen LogP) is 1.75. The Balaban J connectivity index is 2.55. The number of nitrogens with one attached hydrogen (secondary N) is 1. The number of rotatable bonds is 5. The van der Waals surface area contributed by atoms with Gasteiger partial charge < -0.3 is 11.1 Å². The Morgan fingerprint density at radius 2 is 2.26 bits per heavy atom. The first-order chi connectivity index (χ1) is 8.93. The second-order valence-corrected chi connectivity index (χ2v) is 4.75. The van der Waals surface area contributed by atoms with E-state index in [1.54, 1.807) is 6.07 Å². The van der Waals surface area contributed by atoms with Crippen molar-refractivity contribution in [3.05, 3.63) is 23.8 Å². The van der Waals surface area contributed by atoms with Crippen molar-refractivity contribution in [3.63, 3.8) is 0 Å². The van der Waals surface area contributed by atoms with Gasteiger partial charge in [-0.3, -0.25) is 9.69 Å². The molecule has 0 aliphatic carbocycles. The monoisotopic (exact) mass is 260 g/mol. The zero-order valence-corrected chi connectivity index (χ0v) is 11.6. The summed E-state index contributed by atoms with van der Waals surface area (Å²) < 4.78 is 0. The lowest BCUT2D eigenvalue weighted by atomic mass is 10.2. The van der Waals surface area contributed by atoms with Gasteiger partial charge in [-0.05, 0) is 38.6 Å². The molecule has 0 aliphatic heterocycles. The van der Waals surface area contributed by atoms with Crippen molar-refractivity contribution in [1.29, 1.82) is 5.26 Å². The number of hydrogen-bond acceptors (Lipinski definition) is 4. The van der Waals surface area contributed by atoms with Crippen LogP contribution in [0.3, 0.4) is 0 Å². The highest BCUT2D eigenvalue weighted by atomic mass is 16.2. The van der Waals surface area contributed by atoms with Crippen LogP contribution >= 0.6 is 0 Å². The molecule has 0 aromatic heterocycles. The topological polar surface area (TPSA) is 82.2 Å². The van der Waals surface area contributed by atoms with E-state index in [0.29, 0.717) is 17.8 Å². The minimum absolute atomic E-state index is 0.0545. The molecule has 1 aromatic rings. The number of aryl methyl sites for hydroxylation is 1. The Bertz CT molecular complexity index is 493. The molecule has 0 saturated carbocycles. The van der Waals surface area contributed by atoms with Crippen molar-refractivity contribution in [1.82, 2.24) is 4.90 Å². The molecule has 1 rings (SSSR count). The zero-order chi connectivity index (χ0) is 14.4. The number of benzene rings is 1. The molecule has 0 radical (unpaired) electrons. The normalized spacial score (nSPS) is 11.9. The minimum Gasteiger partial charge on any atom is -0.398 e. The third kappa shape index (κ3) is 4.60. The standard InChI is InChI=1S/C14H20N4O/c1-10-4-5-12(8-13(10)16)17-14(19)9-18(3)11(2)6-7-15/h4-5,8,11H,6,9,16H2,1-3H3,(H,17,19). The van der Waals surface area contributed by atoms with E-state index in [1.807, 2.05) is 37.9 Å². The highest BCUT2D eigenvalue weighted by Crippen LogP contribution is 2.16. The van der Waals surface area contributed by atoms with Crippen molar-refractivity contribution in [3.8, 4) is 6.07 Å². The molecule has 19 heavy (non-hydrogen) atoms. The van der Waals surface area contributed by atoms with Gasteiger partial charge in [0.25, 0.3) is 0 Å². The molecule has 102 valence electrons. The summed E-state index contributed by atoms with van der Waals surface area (Å²) in [6, 6.07) is 7.58. The van der Waals surface area contributed by atoms with Gasteiger partial charge in [0.15, 0.2) is 0 Å². The predicted molar refractivity (Wildman–Crippen MR) is 76.5 cm³/mol. The lowest BCUT2D eigenvalue weighted by molar-refractivity contribution is -0.117. The van der Waals surface area contributed by atoms with Crippen molar-refractivity contribution in [2.45, 2.75) is 26.3 Å². The number of nitrogens with zero attached hydrogens (tertiary/aromatic N) is 2. The molecule has 0 heterocycles. The Labute approximate surface area is 114 Å². The third-order valence-electron chi connectivity index (χ3n) is 3.10. The van der Waals surface area contributed by atoms with E-state index in [2.05, 4.69) is 11.4 Å². The number of carbonyl (C=O) groups excluding carboxylic acids is 1. The average molecular weight is 260 g/mol. The van der Waals surface area contributed by atoms with Gasteiger partial charge in [0.2, 0.25) is 5.91 Å². The molecule has 1 atom stereocenters. The van der Waals surface area contributed by atoms with Crippen molar-refractivity contribution < 1.29 is 4.79 Å². The number of hydrogen-bond donors (Lipinski definition) is 2. The zero-order valence-electron chi connectivity index (χ0n) is 11.6. The number of nitriles is 1. The van der Waals surface area contributed by atoms with Crippen LogP contribution in [0.25, 0.3) is 0 Å². The van der Waals surface area contributed by atoms with Gasteiger partial charge in [-0.15, -0.1) is 0 Å². The van der Waals surface area contributed by atoms with Gasteiger partial charge in [-0.2, -0.15) is 5.26 Å². The lowest BCUT2D eigenvalue weighted by Crippen LogP contribution is -2.36. The van der Waals surface area contributed by atoms with E-state index in [1.165, 1.54) is 0 Å². The van der Waals surface area contributed by atoms with Crippen LogP contribution in [0.1, 0.15) is 18.9 Å². The Morgan fingerprint density at radius 3 is 2.84 bits per heavy atom. The Hall–Kier alpha value is -2.06. The van der Waals surface area contributed by atoms with Crippen LogP contribution in [0.5, 0.6) is 0 Å². The number of likely N-dealkylation sites (N-methyl/N-ethyl adjacent to an activating group) is 1. The second kappa shape index (κ2) is 6.76. The summed E-state index contributed by atoms with van der Waals surface area (Å²) in [4.78, 5) is 13.7. The minimum atomic E-state index is -0.115. The van der Waals surface area contributed by atoms with E-state index in [4.69, 9.17) is 11.0 Å². The average Bonchev–Trinajstić information content (AvgIpc) is 2.34. The van der Waals surface area contributed by atoms with Gasteiger partial charge in [0.05, 0.1) is 19.0 Å². The molecule has 5 heteroatoms. The van der Waals surface area contributed by atoms with Crippen molar-refractivity contribution in [2.75, 3.05) is 24.6 Å². The van der Waals surface area contributed by atoms with Crippen LogP contribution in [-0.2, 0) is 4.79 Å². The van der Waals surface area contributed by atoms with Gasteiger partial charge in [-0.1, -0.05) is 6.07 Å². The summed E-state index contributed by atoms with van der Waals surface area (Å²) >= 11 is 0. The molecule has 1 unspecified atom stereocenters. The van der Waals surface area contributed by atoms with E-state index in [9.17, 15) is 4.79 Å². The fourth-order valence-electron chi connectivity index (χ4n) is 1.59. The summed E-state index contributed by atoms with van der Waals surface area (Å²) in [5.74, 6) is -0.115. The Kier molecular flexibility index (Phi) is 5.34. The second-order valence-electron chi connectivity index (χ2n) is 4.75. The van der Waals surface area contributed by atoms with Crippen molar-refractivity contribution >= 4 is 17.3 Å². The van der Waals surface area contributed by atoms with E-state index >= 15 is 0 Å². The fourth-order valence-corrected chi connectivity index (χ4v) is 1.59. The highest BCUT2D eigenvalue weighted by Gasteiger charge is 2.13. The maximum absolute atomic E-state index is 11.9. The molecule has 0 fully saturated rings. The van der Waals surface area contributed by atoms with E-state index in [0.717, 1.165) is 5.56 Å². The van der Waals surface area contributed by atoms with Crippen LogP contribution in [0.15, 0.2) is 18.2 Å². The first kappa shape index (κ1) is 15.0. The van der Waals surface area contributed by atoms with Gasteiger partial charge in [0, 0.05) is 17.4 Å². The molecule has 3 N–H and O–H groups in total. The molecular formula is C14H20N4O. The van der Waals surface area contributed by atoms with Crippen LogP contribution in [0, 0.1) is 18.3 Å². The largest absolute Gasteiger partial charge is 0.398 e. The van der Waals surface area contributed by atoms with Gasteiger partial charge >= 0.3 is 0 Å². The molecule has 5 nitrogen and oxygen atoms in total. The van der Waals surface area contributed by atoms with E-state index < -0.39 is 0 Å². The summed E-state index contributed by atoms with van der Waals surface area (Å²) in [7, 11) is 1.82. The SMILES string of the molecule is Cc1ccc(NC(=O)CN(C)C(C)CC#N)cc1N. The molecule has 0 spiro atoms. The number of anilines is 2. The first-order valence-corrected chi connectivity index (χ1v) is 6.17. The summed E-state index contributed by atoms with van der Waals surface area (Å²) in [5, 5.41) is 11.4. The molecule has 1 aromatic carbocycles. The van der Waals surface area contributed by atoms with Crippen LogP contribution < -0.4 is 11.1 Å². The van der Waals surface area contributed by atoms with E-state index in [-0.39, 0.29) is 18.5 Å². The third-order valence-corrected chi connectivity index (χ3v) is 3.10. The van der Waals surface area contributed by atoms with Crippen LogP contribution in [0.2, 0.25) is 0 Å². The highest BCUT2D eigenvalue weighted by molar-refractivity contribution is 5.92. The molecule has 0 aliphatic rings. The van der Waals surface area contributed by atoms with Crippen LogP contribution in [-0.4, -0.2) is 30.4 Å². The summed E-state index contributed by atoms with van der Waals surface area (Å²) in [6.07, 6.45) is 0.404. The fraction of sp³-hybridized carbons (Fsp3) is 0.429. The summed E-state index contributed by atoms with van der Waals surface area (Å²) in [6.45, 7) is 4.08. The number of carbonyl (C=O) groups is 1. The molecule has 0 saturated heterocycles. The lowest BCUT2D eigenvalue weighted by Gasteiger charge is -2.21. The quantitative estimate of drug-likeness (QED) is 0.790. The maximum atomic E-state index is 11.9. The van der Waals surface area contributed by atoms with Crippen LogP contribution in [0.4, 0.5) is 11.4 Å². The number of nitrogens with two attached hydrogens (primary N) is 1. The summed E-state index contributed by atoms with van der Waals surface area (Å²) in [5.41, 5.74) is 8.12. The Morgan fingerprint density at radius 1 is 1.58 bits per heavy atom. The number of nitrogen functional groups attached to an aromatic ring is 1. The number of amides is 1. The maximum Gasteiger partial charge on any atom is 0.238 e. The van der Waals surface area contributed by atoms with Crippen molar-refractivity contribution in [2.24, 2.45) is 0 Å². The van der Waals surface area contributed by atoms with Gasteiger partial charge in [-0.25, -0.2) is 0 Å². The molecule has 0 bridgehead atoms. The first-order valence-electron chi connectivity index (χ1n) is 6.17. The molecule has 1 amide bonds. The van der Waals surface area contributed by atoms with Gasteiger partial charge in [0.1, 0.15) is 0 Å². The smallest absolute Gasteiger partial charge is 0.238 e.